The van der Waals surface area contributed by atoms with E-state index in [1.807, 2.05) is 13.0 Å². The summed E-state index contributed by atoms with van der Waals surface area (Å²) in [6.07, 6.45) is 2.19. The normalized spacial score (nSPS) is 14.6. The van der Waals surface area contributed by atoms with Gasteiger partial charge in [-0.15, -0.1) is 0 Å². The molecule has 2 aromatic carbocycles. The minimum Gasteiger partial charge on any atom is -0.478 e. The second kappa shape index (κ2) is 9.43. The summed E-state index contributed by atoms with van der Waals surface area (Å²) < 4.78 is 0. The number of carboxylic acid groups (broad SMARTS) is 1. The van der Waals surface area contributed by atoms with Crippen LogP contribution in [0.4, 0.5) is 11.4 Å². The average molecular weight is 501 g/mol. The molecule has 0 saturated heterocycles. The number of amidine groups is 1. The molecule has 0 radical (unpaired) electrons. The number of nitrogens with one attached hydrogen (secondary N) is 2. The van der Waals surface area contributed by atoms with Gasteiger partial charge in [-0.05, 0) is 54.1 Å². The minimum atomic E-state index is -1.04. The van der Waals surface area contributed by atoms with Crippen LogP contribution in [0.15, 0.2) is 46.3 Å². The van der Waals surface area contributed by atoms with E-state index in [-0.39, 0.29) is 5.56 Å². The van der Waals surface area contributed by atoms with Crippen LogP contribution in [0, 0.1) is 0 Å². The number of fused-ring (bicyclic) bond motifs is 1. The molecule has 0 atom stereocenters. The number of carboxylic acids is 1. The number of halogens is 2. The van der Waals surface area contributed by atoms with E-state index in [1.54, 1.807) is 43.5 Å². The van der Waals surface area contributed by atoms with Gasteiger partial charge in [0.1, 0.15) is 5.56 Å². The smallest absolute Gasteiger partial charge is 0.339 e. The summed E-state index contributed by atoms with van der Waals surface area (Å²) in [5, 5.41) is 17.6. The Morgan fingerprint density at radius 2 is 1.91 bits per heavy atom. The highest BCUT2D eigenvalue weighted by Gasteiger charge is 2.24. The number of aromatic carboxylic acids is 1. The van der Waals surface area contributed by atoms with Crippen molar-refractivity contribution in [3.63, 3.8) is 0 Å². The van der Waals surface area contributed by atoms with Crippen LogP contribution in [0.1, 0.15) is 28.5 Å². The summed E-state index contributed by atoms with van der Waals surface area (Å²) in [5.74, 6) is -1.44. The van der Waals surface area contributed by atoms with Gasteiger partial charge in [0.25, 0.3) is 5.91 Å². The topological polar surface area (TPSA) is 104 Å². The maximum absolute atomic E-state index is 12.5. The van der Waals surface area contributed by atoms with Crippen molar-refractivity contribution in [2.24, 2.45) is 4.99 Å². The molecular weight excluding hydrogens is 483 g/mol. The number of para-hydroxylation sites is 1. The number of thioether (sulfide) groups is 1. The zero-order chi connectivity index (χ0) is 23.7. The van der Waals surface area contributed by atoms with Gasteiger partial charge < -0.3 is 15.7 Å². The van der Waals surface area contributed by atoms with E-state index in [9.17, 15) is 14.7 Å². The fourth-order valence-corrected chi connectivity index (χ4v) is 4.82. The number of anilines is 2. The Morgan fingerprint density at radius 1 is 1.18 bits per heavy atom. The molecule has 4 rings (SSSR count). The van der Waals surface area contributed by atoms with Gasteiger partial charge >= 0.3 is 5.97 Å². The van der Waals surface area contributed by atoms with Gasteiger partial charge in [-0.2, -0.15) is 4.99 Å². The van der Waals surface area contributed by atoms with Crippen LogP contribution < -0.4 is 10.6 Å². The van der Waals surface area contributed by atoms with E-state index in [0.29, 0.717) is 60.1 Å². The third kappa shape index (κ3) is 4.55. The summed E-state index contributed by atoms with van der Waals surface area (Å²) in [4.78, 5) is 33.3. The lowest BCUT2D eigenvalue weighted by molar-refractivity contribution is -0.113. The number of hydrogen-bond acceptors (Lipinski definition) is 6. The summed E-state index contributed by atoms with van der Waals surface area (Å²) in [5.41, 5.74) is 3.00. The molecule has 0 fully saturated rings. The standard InChI is InChI=1S/C23H18Cl2N4O3S/c1-3-15-18(22(31)32)19(26-2)12-9-11(7-8-16(12)27-15)10-17-21(30)29-23(33-17)28-20-13(24)5-4-6-14(20)25/h4-10H,3H2,1-2H3,(H,26,27)(H,31,32)(H,28,29,30). The van der Waals surface area contributed by atoms with Crippen LogP contribution >= 0.6 is 35.0 Å². The molecule has 0 aliphatic carbocycles. The monoisotopic (exact) mass is 500 g/mol. The molecule has 1 amide bonds. The molecule has 3 aromatic rings. The second-order valence-corrected chi connectivity index (χ2v) is 8.89. The fourth-order valence-electron chi connectivity index (χ4n) is 3.51. The highest BCUT2D eigenvalue weighted by atomic mass is 35.5. The van der Waals surface area contributed by atoms with Gasteiger partial charge in [0.2, 0.25) is 0 Å². The van der Waals surface area contributed by atoms with E-state index in [0.717, 1.165) is 11.8 Å². The number of hydrogen-bond donors (Lipinski definition) is 3. The molecule has 1 aromatic heterocycles. The van der Waals surface area contributed by atoms with Gasteiger partial charge in [-0.25, -0.2) is 4.79 Å². The zero-order valence-corrected chi connectivity index (χ0v) is 19.9. The Balaban J connectivity index is 1.68. The molecule has 7 nitrogen and oxygen atoms in total. The van der Waals surface area contributed by atoms with Crippen molar-refractivity contribution in [1.29, 1.82) is 0 Å². The molecule has 0 bridgehead atoms. The zero-order valence-electron chi connectivity index (χ0n) is 17.6. The summed E-state index contributed by atoms with van der Waals surface area (Å²) in [7, 11) is 1.67. The Labute approximate surface area is 203 Å². The van der Waals surface area contributed by atoms with E-state index in [4.69, 9.17) is 23.2 Å². The molecule has 0 saturated carbocycles. The van der Waals surface area contributed by atoms with Crippen molar-refractivity contribution in [1.82, 2.24) is 4.98 Å². The van der Waals surface area contributed by atoms with Crippen LogP contribution in [-0.4, -0.2) is 34.2 Å². The van der Waals surface area contributed by atoms with E-state index < -0.39 is 11.9 Å². The van der Waals surface area contributed by atoms with E-state index in [2.05, 4.69) is 20.6 Å². The molecule has 1 aliphatic heterocycles. The van der Waals surface area contributed by atoms with Crippen molar-refractivity contribution in [2.45, 2.75) is 13.3 Å². The Hall–Kier alpha value is -3.07. The summed E-state index contributed by atoms with van der Waals surface area (Å²) in [6, 6.07) is 10.5. The van der Waals surface area contributed by atoms with Gasteiger partial charge in [0, 0.05) is 12.4 Å². The van der Waals surface area contributed by atoms with Crippen LogP contribution in [0.5, 0.6) is 0 Å². The highest BCUT2D eigenvalue weighted by Crippen LogP contribution is 2.35. The predicted octanol–water partition coefficient (Wildman–Crippen LogP) is 5.93. The van der Waals surface area contributed by atoms with Gasteiger partial charge in [0.05, 0.1) is 37.5 Å². The van der Waals surface area contributed by atoms with E-state index >= 15 is 0 Å². The molecule has 2 heterocycles. The van der Waals surface area contributed by atoms with Gasteiger partial charge in [-0.3, -0.25) is 9.78 Å². The first-order chi connectivity index (χ1) is 15.8. The molecule has 0 unspecified atom stereocenters. The SMILES string of the molecule is CCc1nc2ccc(C=C3SC(Nc4c(Cl)cccc4Cl)=NC3=O)cc2c(NC)c1C(=O)O. The van der Waals surface area contributed by atoms with Crippen molar-refractivity contribution < 1.29 is 14.7 Å². The van der Waals surface area contributed by atoms with Crippen molar-refractivity contribution in [2.75, 3.05) is 17.7 Å². The molecule has 1 aliphatic rings. The number of rotatable bonds is 5. The molecule has 10 heteroatoms. The Kier molecular flexibility index (Phi) is 6.60. The number of carbonyl (C=O) groups excluding carboxylic acids is 1. The van der Waals surface area contributed by atoms with E-state index in [1.165, 1.54) is 0 Å². The average Bonchev–Trinajstić information content (AvgIpc) is 3.13. The number of benzene rings is 2. The first-order valence-electron chi connectivity index (χ1n) is 9.93. The molecule has 3 N–H and O–H groups in total. The van der Waals surface area contributed by atoms with Crippen LogP contribution in [0.25, 0.3) is 17.0 Å². The maximum atomic E-state index is 12.5. The molecule has 33 heavy (non-hydrogen) atoms. The molecule has 0 spiro atoms. The number of nitrogens with zero attached hydrogens (tertiary/aromatic N) is 2. The lowest BCUT2D eigenvalue weighted by Crippen LogP contribution is -2.09. The van der Waals surface area contributed by atoms with Crippen molar-refractivity contribution in [3.05, 3.63) is 68.2 Å². The molecular formula is C23H18Cl2N4O3S. The Morgan fingerprint density at radius 3 is 2.55 bits per heavy atom. The second-order valence-electron chi connectivity index (χ2n) is 7.05. The predicted molar refractivity (Wildman–Crippen MR) is 136 cm³/mol. The number of aryl methyl sites for hydroxylation is 1. The molecule has 168 valence electrons. The lowest BCUT2D eigenvalue weighted by Gasteiger charge is -2.14. The third-order valence-electron chi connectivity index (χ3n) is 5.00. The number of aliphatic imine (C=N–C) groups is 1. The maximum Gasteiger partial charge on any atom is 0.339 e. The first-order valence-corrected chi connectivity index (χ1v) is 11.5. The van der Waals surface area contributed by atoms with Crippen molar-refractivity contribution in [3.8, 4) is 0 Å². The van der Waals surface area contributed by atoms with Crippen LogP contribution in [-0.2, 0) is 11.2 Å². The number of pyridine rings is 1. The van der Waals surface area contributed by atoms with Gasteiger partial charge in [0.15, 0.2) is 5.17 Å². The van der Waals surface area contributed by atoms with Gasteiger partial charge in [-0.1, -0.05) is 42.3 Å². The minimum absolute atomic E-state index is 0.148. The fraction of sp³-hybridized carbons (Fsp3) is 0.130. The Bertz CT molecular complexity index is 1350. The van der Waals surface area contributed by atoms with Crippen molar-refractivity contribution >= 4 is 80.4 Å². The van der Waals surface area contributed by atoms with Crippen LogP contribution in [0.3, 0.4) is 0 Å². The lowest BCUT2D eigenvalue weighted by atomic mass is 10.0. The summed E-state index contributed by atoms with van der Waals surface area (Å²) in [6.45, 7) is 1.86. The number of aromatic nitrogens is 1. The highest BCUT2D eigenvalue weighted by molar-refractivity contribution is 8.18. The summed E-state index contributed by atoms with van der Waals surface area (Å²) >= 11 is 13.5. The third-order valence-corrected chi connectivity index (χ3v) is 6.52. The first kappa shape index (κ1) is 23.1. The van der Waals surface area contributed by atoms with Crippen LogP contribution in [0.2, 0.25) is 10.0 Å². The number of amides is 1. The quantitative estimate of drug-likeness (QED) is 0.373. The largest absolute Gasteiger partial charge is 0.478 e. The number of carbonyl (C=O) groups is 2.